The highest BCUT2D eigenvalue weighted by molar-refractivity contribution is 5.69. The standard InChI is InChI=1S/C17H27NO3/c1-4-20-17(19)7-5-10-18-11-6-12-21-16-13-14(2)8-9-15(16)3/h8-9,13,18H,4-7,10-12H2,1-3H3. The van der Waals surface area contributed by atoms with Gasteiger partial charge in [0.25, 0.3) is 0 Å². The van der Waals surface area contributed by atoms with Gasteiger partial charge in [-0.1, -0.05) is 12.1 Å². The van der Waals surface area contributed by atoms with Crippen LogP contribution in [-0.2, 0) is 9.53 Å². The minimum absolute atomic E-state index is 0.113. The molecule has 1 aromatic rings. The van der Waals surface area contributed by atoms with Crippen LogP contribution < -0.4 is 10.1 Å². The molecular weight excluding hydrogens is 266 g/mol. The van der Waals surface area contributed by atoms with Crippen LogP contribution in [0.1, 0.15) is 37.3 Å². The van der Waals surface area contributed by atoms with E-state index in [0.29, 0.717) is 19.6 Å². The van der Waals surface area contributed by atoms with E-state index in [4.69, 9.17) is 9.47 Å². The molecule has 0 bridgehead atoms. The number of ether oxygens (including phenoxy) is 2. The molecule has 21 heavy (non-hydrogen) atoms. The zero-order chi connectivity index (χ0) is 15.5. The number of hydrogen-bond acceptors (Lipinski definition) is 4. The highest BCUT2D eigenvalue weighted by Crippen LogP contribution is 2.18. The molecule has 0 aliphatic carbocycles. The number of carbonyl (C=O) groups is 1. The van der Waals surface area contributed by atoms with Gasteiger partial charge < -0.3 is 14.8 Å². The molecule has 118 valence electrons. The quantitative estimate of drug-likeness (QED) is 0.532. The molecule has 0 fully saturated rings. The summed E-state index contributed by atoms with van der Waals surface area (Å²) in [6.45, 7) is 8.85. The lowest BCUT2D eigenvalue weighted by Gasteiger charge is -2.10. The predicted molar refractivity (Wildman–Crippen MR) is 84.8 cm³/mol. The molecule has 0 amide bonds. The van der Waals surface area contributed by atoms with Gasteiger partial charge in [0.05, 0.1) is 13.2 Å². The van der Waals surface area contributed by atoms with E-state index in [2.05, 4.69) is 37.4 Å². The Hall–Kier alpha value is -1.55. The SMILES string of the molecule is CCOC(=O)CCCNCCCOc1cc(C)ccc1C. The van der Waals surface area contributed by atoms with Crippen LogP contribution in [0, 0.1) is 13.8 Å². The summed E-state index contributed by atoms with van der Waals surface area (Å²) in [7, 11) is 0. The van der Waals surface area contributed by atoms with Crippen LogP contribution in [0.3, 0.4) is 0 Å². The minimum atomic E-state index is -0.113. The summed E-state index contributed by atoms with van der Waals surface area (Å²) in [6, 6.07) is 6.24. The van der Waals surface area contributed by atoms with Crippen molar-refractivity contribution in [3.8, 4) is 5.75 Å². The van der Waals surface area contributed by atoms with Crippen LogP contribution in [0.5, 0.6) is 5.75 Å². The van der Waals surface area contributed by atoms with Gasteiger partial charge in [-0.15, -0.1) is 0 Å². The van der Waals surface area contributed by atoms with Gasteiger partial charge in [-0.25, -0.2) is 0 Å². The van der Waals surface area contributed by atoms with Crippen molar-refractivity contribution in [2.24, 2.45) is 0 Å². The van der Waals surface area contributed by atoms with Gasteiger partial charge in [0.15, 0.2) is 0 Å². The van der Waals surface area contributed by atoms with Gasteiger partial charge >= 0.3 is 5.97 Å². The summed E-state index contributed by atoms with van der Waals surface area (Å²) in [5.74, 6) is 0.856. The third kappa shape index (κ3) is 7.71. The van der Waals surface area contributed by atoms with E-state index in [1.54, 1.807) is 0 Å². The molecular formula is C17H27NO3. The van der Waals surface area contributed by atoms with E-state index >= 15 is 0 Å². The zero-order valence-corrected chi connectivity index (χ0v) is 13.4. The maximum atomic E-state index is 11.1. The van der Waals surface area contributed by atoms with Crippen molar-refractivity contribution < 1.29 is 14.3 Å². The van der Waals surface area contributed by atoms with E-state index in [1.807, 2.05) is 6.92 Å². The molecule has 4 heteroatoms. The summed E-state index contributed by atoms with van der Waals surface area (Å²) >= 11 is 0. The summed E-state index contributed by atoms with van der Waals surface area (Å²) in [6.07, 6.45) is 2.25. The number of hydrogen-bond donors (Lipinski definition) is 1. The Kier molecular flexibility index (Phi) is 8.51. The zero-order valence-electron chi connectivity index (χ0n) is 13.4. The number of carbonyl (C=O) groups excluding carboxylic acids is 1. The molecule has 1 aromatic carbocycles. The van der Waals surface area contributed by atoms with Crippen molar-refractivity contribution in [2.75, 3.05) is 26.3 Å². The monoisotopic (exact) mass is 293 g/mol. The van der Waals surface area contributed by atoms with Crippen LogP contribution in [0.2, 0.25) is 0 Å². The third-order valence-electron chi connectivity index (χ3n) is 3.14. The highest BCUT2D eigenvalue weighted by Gasteiger charge is 2.01. The van der Waals surface area contributed by atoms with Crippen molar-refractivity contribution in [2.45, 2.75) is 40.0 Å². The smallest absolute Gasteiger partial charge is 0.305 e. The maximum Gasteiger partial charge on any atom is 0.305 e. The van der Waals surface area contributed by atoms with Gasteiger partial charge in [-0.3, -0.25) is 4.79 Å². The van der Waals surface area contributed by atoms with Crippen LogP contribution in [-0.4, -0.2) is 32.3 Å². The van der Waals surface area contributed by atoms with Gasteiger partial charge in [0.1, 0.15) is 5.75 Å². The lowest BCUT2D eigenvalue weighted by Crippen LogP contribution is -2.19. The Morgan fingerprint density at radius 3 is 2.71 bits per heavy atom. The van der Waals surface area contributed by atoms with E-state index in [9.17, 15) is 4.79 Å². The van der Waals surface area contributed by atoms with Gasteiger partial charge in [-0.05, 0) is 63.9 Å². The molecule has 0 radical (unpaired) electrons. The Morgan fingerprint density at radius 1 is 1.19 bits per heavy atom. The second kappa shape index (κ2) is 10.2. The number of esters is 1. The fourth-order valence-electron chi connectivity index (χ4n) is 1.96. The molecule has 0 aliphatic rings. The van der Waals surface area contributed by atoms with Gasteiger partial charge in [-0.2, -0.15) is 0 Å². The molecule has 1 N–H and O–H groups in total. The molecule has 0 atom stereocenters. The first-order valence-electron chi connectivity index (χ1n) is 7.70. The van der Waals surface area contributed by atoms with Crippen molar-refractivity contribution in [3.63, 3.8) is 0 Å². The topological polar surface area (TPSA) is 47.6 Å². The fourth-order valence-corrected chi connectivity index (χ4v) is 1.96. The predicted octanol–water partition coefficient (Wildman–Crippen LogP) is 3.01. The minimum Gasteiger partial charge on any atom is -0.493 e. The lowest BCUT2D eigenvalue weighted by molar-refractivity contribution is -0.143. The average Bonchev–Trinajstić information content (AvgIpc) is 2.45. The highest BCUT2D eigenvalue weighted by atomic mass is 16.5. The number of nitrogens with one attached hydrogen (secondary N) is 1. The second-order valence-electron chi connectivity index (χ2n) is 5.13. The van der Waals surface area contributed by atoms with Crippen LogP contribution in [0.4, 0.5) is 0 Å². The Balaban J connectivity index is 2.02. The first-order chi connectivity index (χ1) is 10.1. The summed E-state index contributed by atoms with van der Waals surface area (Å²) in [5.41, 5.74) is 2.38. The molecule has 0 unspecified atom stereocenters. The molecule has 0 saturated heterocycles. The van der Waals surface area contributed by atoms with Gasteiger partial charge in [0.2, 0.25) is 0 Å². The summed E-state index contributed by atoms with van der Waals surface area (Å²) in [5, 5.41) is 3.31. The first kappa shape index (κ1) is 17.5. The van der Waals surface area contributed by atoms with E-state index < -0.39 is 0 Å². The number of rotatable bonds is 10. The molecule has 0 heterocycles. The van der Waals surface area contributed by atoms with E-state index in [0.717, 1.165) is 31.7 Å². The summed E-state index contributed by atoms with van der Waals surface area (Å²) < 4.78 is 10.7. The Bertz CT molecular complexity index is 432. The normalized spacial score (nSPS) is 10.4. The maximum absolute atomic E-state index is 11.1. The van der Waals surface area contributed by atoms with Crippen molar-refractivity contribution in [1.82, 2.24) is 5.32 Å². The van der Waals surface area contributed by atoms with Crippen molar-refractivity contribution in [3.05, 3.63) is 29.3 Å². The Labute approximate surface area is 127 Å². The average molecular weight is 293 g/mol. The Morgan fingerprint density at radius 2 is 1.95 bits per heavy atom. The summed E-state index contributed by atoms with van der Waals surface area (Å²) in [4.78, 5) is 11.1. The van der Waals surface area contributed by atoms with Crippen LogP contribution >= 0.6 is 0 Å². The van der Waals surface area contributed by atoms with Crippen LogP contribution in [0.25, 0.3) is 0 Å². The van der Waals surface area contributed by atoms with Crippen molar-refractivity contribution in [1.29, 1.82) is 0 Å². The molecule has 0 aliphatic heterocycles. The molecule has 1 rings (SSSR count). The van der Waals surface area contributed by atoms with E-state index in [-0.39, 0.29) is 5.97 Å². The van der Waals surface area contributed by atoms with E-state index in [1.165, 1.54) is 11.1 Å². The molecule has 0 spiro atoms. The fraction of sp³-hybridized carbons (Fsp3) is 0.588. The third-order valence-corrected chi connectivity index (χ3v) is 3.14. The molecule has 0 saturated carbocycles. The largest absolute Gasteiger partial charge is 0.493 e. The van der Waals surface area contributed by atoms with Crippen LogP contribution in [0.15, 0.2) is 18.2 Å². The number of benzene rings is 1. The van der Waals surface area contributed by atoms with Gasteiger partial charge in [0, 0.05) is 6.42 Å². The molecule has 0 aromatic heterocycles. The second-order valence-corrected chi connectivity index (χ2v) is 5.13. The first-order valence-corrected chi connectivity index (χ1v) is 7.70. The van der Waals surface area contributed by atoms with Crippen molar-refractivity contribution >= 4 is 5.97 Å². The molecule has 4 nitrogen and oxygen atoms in total. The number of aryl methyl sites for hydroxylation is 2. The lowest BCUT2D eigenvalue weighted by atomic mass is 10.1.